The quantitative estimate of drug-likeness (QED) is 0.575. The van der Waals surface area contributed by atoms with Gasteiger partial charge in [-0.15, -0.1) is 0 Å². The van der Waals surface area contributed by atoms with E-state index in [9.17, 15) is 4.79 Å². The number of rotatable bonds is 4. The maximum absolute atomic E-state index is 11.8. The fourth-order valence-electron chi connectivity index (χ4n) is 2.05. The van der Waals surface area contributed by atoms with Crippen LogP contribution in [0.4, 0.5) is 0 Å². The Kier molecular flexibility index (Phi) is 4.72. The van der Waals surface area contributed by atoms with Crippen LogP contribution >= 0.6 is 11.6 Å². The first-order valence-electron chi connectivity index (χ1n) is 7.23. The lowest BCUT2D eigenvalue weighted by atomic mass is 10.1. The van der Waals surface area contributed by atoms with Crippen molar-refractivity contribution in [1.29, 1.82) is 0 Å². The van der Waals surface area contributed by atoms with Gasteiger partial charge in [-0.2, -0.15) is 5.10 Å². The van der Waals surface area contributed by atoms with E-state index in [1.807, 2.05) is 31.2 Å². The number of furan rings is 1. The van der Waals surface area contributed by atoms with Crippen LogP contribution in [0.15, 0.2) is 64.4 Å². The molecule has 6 heteroatoms. The van der Waals surface area contributed by atoms with Crippen molar-refractivity contribution in [3.8, 4) is 11.3 Å². The summed E-state index contributed by atoms with van der Waals surface area (Å²) in [6, 6.07) is 12.5. The van der Waals surface area contributed by atoms with Crippen molar-refractivity contribution >= 4 is 23.7 Å². The molecule has 1 N–H and O–H groups in total. The molecule has 3 aromatic rings. The first-order valence-corrected chi connectivity index (χ1v) is 7.61. The normalized spacial score (nSPS) is 10.9. The highest BCUT2D eigenvalue weighted by Crippen LogP contribution is 2.26. The van der Waals surface area contributed by atoms with E-state index in [4.69, 9.17) is 16.0 Å². The molecule has 1 aromatic carbocycles. The Hall–Kier alpha value is -2.92. The smallest absolute Gasteiger partial charge is 0.271 e. The minimum Gasteiger partial charge on any atom is -0.455 e. The highest BCUT2D eigenvalue weighted by Gasteiger charge is 2.06. The lowest BCUT2D eigenvalue weighted by molar-refractivity contribution is 0.0955. The number of benzene rings is 1. The van der Waals surface area contributed by atoms with E-state index in [0.717, 1.165) is 11.1 Å². The summed E-state index contributed by atoms with van der Waals surface area (Å²) in [5, 5.41) is 4.58. The third kappa shape index (κ3) is 3.70. The molecule has 2 heterocycles. The van der Waals surface area contributed by atoms with E-state index >= 15 is 0 Å². The molecule has 24 heavy (non-hydrogen) atoms. The molecule has 0 bridgehead atoms. The Balaban J connectivity index is 1.67. The lowest BCUT2D eigenvalue weighted by Gasteiger charge is -2.00. The number of pyridine rings is 1. The summed E-state index contributed by atoms with van der Waals surface area (Å²) < 4.78 is 5.68. The number of amides is 1. The topological polar surface area (TPSA) is 67.5 Å². The standard InChI is InChI=1S/C18H14ClN3O2/c1-12-2-3-14(10-16(12)19)17-5-4-15(24-17)11-21-22-18(23)13-6-8-20-9-7-13/h2-11H,1H3,(H,22,23)/b21-11+. The fraction of sp³-hybridized carbons (Fsp3) is 0.0556. The number of hydrogen-bond acceptors (Lipinski definition) is 4. The first kappa shape index (κ1) is 16.0. The van der Waals surface area contributed by atoms with E-state index in [-0.39, 0.29) is 5.91 Å². The van der Waals surface area contributed by atoms with Gasteiger partial charge in [0.25, 0.3) is 5.91 Å². The lowest BCUT2D eigenvalue weighted by Crippen LogP contribution is -2.17. The van der Waals surface area contributed by atoms with E-state index in [1.165, 1.54) is 6.21 Å². The third-order valence-corrected chi connectivity index (χ3v) is 3.79. The number of hydrogen-bond donors (Lipinski definition) is 1. The van der Waals surface area contributed by atoms with E-state index < -0.39 is 0 Å². The monoisotopic (exact) mass is 339 g/mol. The van der Waals surface area contributed by atoms with Crippen LogP contribution in [0.5, 0.6) is 0 Å². The number of carbonyl (C=O) groups excluding carboxylic acids is 1. The van der Waals surface area contributed by atoms with Gasteiger partial charge in [0.2, 0.25) is 0 Å². The number of nitrogens with one attached hydrogen (secondary N) is 1. The summed E-state index contributed by atoms with van der Waals surface area (Å²) in [6.07, 6.45) is 4.53. The second-order valence-electron chi connectivity index (χ2n) is 5.10. The number of carbonyl (C=O) groups is 1. The van der Waals surface area contributed by atoms with E-state index in [0.29, 0.717) is 22.1 Å². The van der Waals surface area contributed by atoms with Crippen LogP contribution in [-0.4, -0.2) is 17.1 Å². The molecule has 5 nitrogen and oxygen atoms in total. The summed E-state index contributed by atoms with van der Waals surface area (Å²) in [5.41, 5.74) is 4.81. The second-order valence-corrected chi connectivity index (χ2v) is 5.51. The maximum atomic E-state index is 11.8. The van der Waals surface area contributed by atoms with Crippen molar-refractivity contribution in [3.63, 3.8) is 0 Å². The molecule has 0 aliphatic carbocycles. The number of nitrogens with zero attached hydrogens (tertiary/aromatic N) is 2. The average molecular weight is 340 g/mol. The highest BCUT2D eigenvalue weighted by molar-refractivity contribution is 6.31. The number of aryl methyl sites for hydroxylation is 1. The van der Waals surface area contributed by atoms with Gasteiger partial charge in [0.15, 0.2) is 0 Å². The molecular formula is C18H14ClN3O2. The second kappa shape index (κ2) is 7.10. The molecule has 0 saturated heterocycles. The summed E-state index contributed by atoms with van der Waals surface area (Å²) in [4.78, 5) is 15.7. The predicted octanol–water partition coefficient (Wildman–Crippen LogP) is 4.07. The van der Waals surface area contributed by atoms with Crippen molar-refractivity contribution in [2.24, 2.45) is 5.10 Å². The molecule has 3 rings (SSSR count). The SMILES string of the molecule is Cc1ccc(-c2ccc(/C=N/NC(=O)c3ccncc3)o2)cc1Cl. The van der Waals surface area contributed by atoms with Gasteiger partial charge >= 0.3 is 0 Å². The Morgan fingerprint density at radius 3 is 2.75 bits per heavy atom. The fourth-order valence-corrected chi connectivity index (χ4v) is 2.23. The average Bonchev–Trinajstić information content (AvgIpc) is 3.07. The van der Waals surface area contributed by atoms with Gasteiger partial charge in [-0.05, 0) is 42.8 Å². The van der Waals surface area contributed by atoms with E-state index in [2.05, 4.69) is 15.5 Å². The van der Waals surface area contributed by atoms with Gasteiger partial charge in [0, 0.05) is 28.5 Å². The molecule has 0 radical (unpaired) electrons. The summed E-state index contributed by atoms with van der Waals surface area (Å²) in [6.45, 7) is 1.94. The molecule has 120 valence electrons. The van der Waals surface area contributed by atoms with Crippen LogP contribution in [0, 0.1) is 6.92 Å². The zero-order chi connectivity index (χ0) is 16.9. The van der Waals surface area contributed by atoms with Crippen LogP contribution in [0.1, 0.15) is 21.7 Å². The Labute approximate surface area is 144 Å². The molecular weight excluding hydrogens is 326 g/mol. The van der Waals surface area contributed by atoms with Crippen molar-refractivity contribution in [2.75, 3.05) is 0 Å². The van der Waals surface area contributed by atoms with Gasteiger partial charge in [-0.3, -0.25) is 9.78 Å². The Morgan fingerprint density at radius 1 is 1.21 bits per heavy atom. The molecule has 0 aliphatic heterocycles. The zero-order valence-electron chi connectivity index (χ0n) is 12.9. The molecule has 0 aliphatic rings. The molecule has 2 aromatic heterocycles. The molecule has 0 atom stereocenters. The van der Waals surface area contributed by atoms with Crippen LogP contribution in [0.3, 0.4) is 0 Å². The van der Waals surface area contributed by atoms with E-state index in [1.54, 1.807) is 30.6 Å². The van der Waals surface area contributed by atoms with Crippen LogP contribution in [-0.2, 0) is 0 Å². The van der Waals surface area contributed by atoms with Gasteiger partial charge in [-0.1, -0.05) is 23.7 Å². The summed E-state index contributed by atoms with van der Waals surface area (Å²) in [7, 11) is 0. The van der Waals surface area contributed by atoms with Crippen molar-refractivity contribution in [2.45, 2.75) is 6.92 Å². The number of hydrazone groups is 1. The molecule has 0 spiro atoms. The Bertz CT molecular complexity index is 888. The largest absolute Gasteiger partial charge is 0.455 e. The van der Waals surface area contributed by atoms with Crippen LogP contribution < -0.4 is 5.43 Å². The number of aromatic nitrogens is 1. The molecule has 0 unspecified atom stereocenters. The summed E-state index contributed by atoms with van der Waals surface area (Å²) >= 11 is 6.13. The minimum atomic E-state index is -0.314. The van der Waals surface area contributed by atoms with Crippen LogP contribution in [0.25, 0.3) is 11.3 Å². The maximum Gasteiger partial charge on any atom is 0.271 e. The molecule has 1 amide bonds. The zero-order valence-corrected chi connectivity index (χ0v) is 13.6. The number of halogens is 1. The van der Waals surface area contributed by atoms with Gasteiger partial charge in [0.05, 0.1) is 6.21 Å². The van der Waals surface area contributed by atoms with Gasteiger partial charge in [0.1, 0.15) is 11.5 Å². The minimum absolute atomic E-state index is 0.314. The predicted molar refractivity (Wildman–Crippen MR) is 93.2 cm³/mol. The Morgan fingerprint density at radius 2 is 2.00 bits per heavy atom. The van der Waals surface area contributed by atoms with Crippen molar-refractivity contribution < 1.29 is 9.21 Å². The van der Waals surface area contributed by atoms with Crippen molar-refractivity contribution in [3.05, 3.63) is 76.8 Å². The molecule has 0 fully saturated rings. The summed E-state index contributed by atoms with van der Waals surface area (Å²) in [5.74, 6) is 0.890. The van der Waals surface area contributed by atoms with Gasteiger partial charge < -0.3 is 4.42 Å². The van der Waals surface area contributed by atoms with Crippen LogP contribution in [0.2, 0.25) is 5.02 Å². The van der Waals surface area contributed by atoms with Crippen molar-refractivity contribution in [1.82, 2.24) is 10.4 Å². The highest BCUT2D eigenvalue weighted by atomic mass is 35.5. The van der Waals surface area contributed by atoms with Gasteiger partial charge in [-0.25, -0.2) is 5.43 Å². The molecule has 0 saturated carbocycles. The first-order chi connectivity index (χ1) is 11.6. The third-order valence-electron chi connectivity index (χ3n) is 3.38.